The maximum absolute atomic E-state index is 4.75. The molecule has 0 unspecified atom stereocenters. The minimum absolute atomic E-state index is 0.00154. The van der Waals surface area contributed by atoms with Crippen molar-refractivity contribution in [2.45, 2.75) is 0 Å². The van der Waals surface area contributed by atoms with E-state index in [0.29, 0.717) is 0 Å². The molecule has 5 heavy (non-hydrogen) atoms. The van der Waals surface area contributed by atoms with E-state index in [0.717, 1.165) is 0 Å². The predicted molar refractivity (Wildman–Crippen MR) is 23.6 cm³/mol. The van der Waals surface area contributed by atoms with Crippen molar-refractivity contribution in [2.24, 2.45) is 5.73 Å². The van der Waals surface area contributed by atoms with E-state index in [1.54, 1.807) is 0 Å². The highest BCUT2D eigenvalue weighted by Crippen LogP contribution is 1.56. The van der Waals surface area contributed by atoms with Crippen molar-refractivity contribution in [1.82, 2.24) is 0 Å². The molecule has 2 N–H and O–H groups in total. The molecule has 27 valence electrons. The monoisotopic (exact) mass is 104 g/mol. The lowest BCUT2D eigenvalue weighted by molar-refractivity contribution is 0.621. The van der Waals surface area contributed by atoms with Crippen molar-refractivity contribution in [3.8, 4) is 0 Å². The standard InChI is InChI=1S/CH2NOSSi/c2-1(4)3-5/h(H2,2,4). The largest absolute Gasteiger partial charge is 0.521 e. The lowest BCUT2D eigenvalue weighted by atomic mass is 11.4. The van der Waals surface area contributed by atoms with Gasteiger partial charge in [0.25, 0.3) is 0 Å². The Morgan fingerprint density at radius 3 is 2.20 bits per heavy atom. The molecule has 0 fully saturated rings. The zero-order valence-corrected chi connectivity index (χ0v) is 4.21. The molecule has 3 radical (unpaired) electrons. The lowest BCUT2D eigenvalue weighted by Gasteiger charge is -1.85. The van der Waals surface area contributed by atoms with Gasteiger partial charge in [-0.2, -0.15) is 0 Å². The third kappa shape index (κ3) is 3.91. The average Bonchev–Trinajstić information content (AvgIpc) is 1.38. The quantitative estimate of drug-likeness (QED) is 0.327. The summed E-state index contributed by atoms with van der Waals surface area (Å²) < 4.78 is 4.06. The lowest BCUT2D eigenvalue weighted by Crippen LogP contribution is -2.09. The Labute approximate surface area is 38.8 Å². The van der Waals surface area contributed by atoms with Gasteiger partial charge in [-0.05, 0) is 12.2 Å². The van der Waals surface area contributed by atoms with Crippen LogP contribution in [0.15, 0.2) is 0 Å². The van der Waals surface area contributed by atoms with E-state index in [-0.39, 0.29) is 5.17 Å². The van der Waals surface area contributed by atoms with E-state index in [4.69, 9.17) is 5.73 Å². The molecule has 0 aliphatic carbocycles. The fourth-order valence-electron chi connectivity index (χ4n) is 0. The van der Waals surface area contributed by atoms with Crippen LogP contribution in [-0.2, 0) is 4.43 Å². The first-order valence-electron chi connectivity index (χ1n) is 0.901. The first-order valence-corrected chi connectivity index (χ1v) is 1.72. The van der Waals surface area contributed by atoms with Crippen molar-refractivity contribution in [3.63, 3.8) is 0 Å². The molecule has 2 nitrogen and oxygen atoms in total. The molecule has 0 atom stereocenters. The van der Waals surface area contributed by atoms with Crippen molar-refractivity contribution >= 4 is 27.9 Å². The molecule has 0 heterocycles. The smallest absolute Gasteiger partial charge is 0.344 e. The van der Waals surface area contributed by atoms with Gasteiger partial charge in [-0.3, -0.25) is 0 Å². The average molecular weight is 104 g/mol. The SMILES string of the molecule is NC(=S)O[Si]. The summed E-state index contributed by atoms with van der Waals surface area (Å²) in [4.78, 5) is 0. The third-order valence-electron chi connectivity index (χ3n) is 0.101. The fraction of sp³-hybridized carbons (Fsp3) is 0. The van der Waals surface area contributed by atoms with E-state index >= 15 is 0 Å². The first kappa shape index (κ1) is 4.91. The molecule has 0 aromatic heterocycles. The van der Waals surface area contributed by atoms with Crippen LogP contribution in [0.4, 0.5) is 0 Å². The molecule has 0 aliphatic heterocycles. The zero-order valence-electron chi connectivity index (χ0n) is 2.39. The molecule has 0 saturated carbocycles. The van der Waals surface area contributed by atoms with Crippen LogP contribution in [0.2, 0.25) is 0 Å². The van der Waals surface area contributed by atoms with Crippen molar-refractivity contribution in [2.75, 3.05) is 0 Å². The normalized spacial score (nSPS) is 6.60. The summed E-state index contributed by atoms with van der Waals surface area (Å²) in [6.07, 6.45) is 0. The number of hydrogen-bond donors (Lipinski definition) is 1. The van der Waals surface area contributed by atoms with Gasteiger partial charge in [-0.15, -0.1) is 0 Å². The van der Waals surface area contributed by atoms with Gasteiger partial charge in [-0.1, -0.05) is 0 Å². The molecule has 0 bridgehead atoms. The number of rotatable bonds is 0. The van der Waals surface area contributed by atoms with Gasteiger partial charge in [-0.25, -0.2) is 0 Å². The predicted octanol–water partition coefficient (Wildman–Crippen LogP) is -0.670. The third-order valence-corrected chi connectivity index (χ3v) is 0.552. The Hall–Kier alpha value is -0.0931. The second-order valence-electron chi connectivity index (χ2n) is 0.421. The molecule has 4 heteroatoms. The summed E-state index contributed by atoms with van der Waals surface area (Å²) in [5, 5.41) is 0.00154. The number of thiocarbonyl (C=S) groups is 1. The summed E-state index contributed by atoms with van der Waals surface area (Å²) in [6, 6.07) is 0. The summed E-state index contributed by atoms with van der Waals surface area (Å²) >= 11 is 4.20. The summed E-state index contributed by atoms with van der Waals surface area (Å²) in [7, 11) is 2.59. The molecule has 0 aliphatic rings. The Balaban J connectivity index is 2.85. The van der Waals surface area contributed by atoms with Crippen LogP contribution in [0.1, 0.15) is 0 Å². The summed E-state index contributed by atoms with van der Waals surface area (Å²) in [6.45, 7) is 0. The van der Waals surface area contributed by atoms with Crippen molar-refractivity contribution in [3.05, 3.63) is 0 Å². The Kier molecular flexibility index (Phi) is 2.12. The van der Waals surface area contributed by atoms with Gasteiger partial charge in [0.2, 0.25) is 5.17 Å². The molecule has 0 amide bonds. The van der Waals surface area contributed by atoms with E-state index < -0.39 is 0 Å². The Morgan fingerprint density at radius 2 is 2.20 bits per heavy atom. The van der Waals surface area contributed by atoms with Crippen LogP contribution in [0.25, 0.3) is 0 Å². The van der Waals surface area contributed by atoms with Gasteiger partial charge in [0, 0.05) is 0 Å². The highest BCUT2D eigenvalue weighted by atomic mass is 32.1. The van der Waals surface area contributed by atoms with Crippen molar-refractivity contribution < 1.29 is 4.43 Å². The molecule has 0 saturated heterocycles. The minimum Gasteiger partial charge on any atom is -0.521 e. The summed E-state index contributed by atoms with van der Waals surface area (Å²) in [5.41, 5.74) is 4.75. The molecule has 0 rings (SSSR count). The molecule has 0 aromatic carbocycles. The fourth-order valence-corrected chi connectivity index (χ4v) is 0. The topological polar surface area (TPSA) is 35.2 Å². The molecular formula is CH2NOSSi. The number of nitrogens with two attached hydrogens (primary N) is 1. The van der Waals surface area contributed by atoms with Crippen molar-refractivity contribution in [1.29, 1.82) is 0 Å². The van der Waals surface area contributed by atoms with Crippen LogP contribution in [0, 0.1) is 0 Å². The maximum Gasteiger partial charge on any atom is 0.344 e. The Morgan fingerprint density at radius 1 is 2.00 bits per heavy atom. The summed E-state index contributed by atoms with van der Waals surface area (Å²) in [5.74, 6) is 0. The minimum atomic E-state index is 0.00154. The van der Waals surface area contributed by atoms with Gasteiger partial charge >= 0.3 is 10.5 Å². The maximum atomic E-state index is 4.75. The Bertz CT molecular complexity index is 46.9. The molecular weight excluding hydrogens is 102 g/mol. The van der Waals surface area contributed by atoms with Gasteiger partial charge in [0.05, 0.1) is 0 Å². The first-order chi connectivity index (χ1) is 2.27. The van der Waals surface area contributed by atoms with E-state index in [1.165, 1.54) is 0 Å². The second-order valence-corrected chi connectivity index (χ2v) is 1.03. The highest BCUT2D eigenvalue weighted by Gasteiger charge is 1.70. The van der Waals surface area contributed by atoms with Crippen LogP contribution < -0.4 is 5.73 Å². The van der Waals surface area contributed by atoms with Crippen LogP contribution >= 0.6 is 12.2 Å². The highest BCUT2D eigenvalue weighted by molar-refractivity contribution is 7.80. The van der Waals surface area contributed by atoms with E-state index in [2.05, 4.69) is 27.1 Å². The van der Waals surface area contributed by atoms with Crippen LogP contribution in [-0.4, -0.2) is 15.7 Å². The van der Waals surface area contributed by atoms with Crippen LogP contribution in [0.5, 0.6) is 0 Å². The second kappa shape index (κ2) is 2.16. The molecule has 0 spiro atoms. The van der Waals surface area contributed by atoms with E-state index in [9.17, 15) is 0 Å². The van der Waals surface area contributed by atoms with Gasteiger partial charge in [0.1, 0.15) is 0 Å². The van der Waals surface area contributed by atoms with E-state index in [1.807, 2.05) is 0 Å². The zero-order chi connectivity index (χ0) is 4.28. The van der Waals surface area contributed by atoms with Crippen LogP contribution in [0.3, 0.4) is 0 Å². The number of hydrogen-bond acceptors (Lipinski definition) is 2. The molecule has 0 aromatic rings. The van der Waals surface area contributed by atoms with Gasteiger partial charge in [0.15, 0.2) is 0 Å². The van der Waals surface area contributed by atoms with Gasteiger partial charge < -0.3 is 10.2 Å².